The summed E-state index contributed by atoms with van der Waals surface area (Å²) in [6, 6.07) is 5.00. The average molecular weight is 365 g/mol. The Kier molecular flexibility index (Phi) is 5.17. The lowest BCUT2D eigenvalue weighted by molar-refractivity contribution is -0.118. The van der Waals surface area contributed by atoms with Crippen molar-refractivity contribution in [2.45, 2.75) is 39.5 Å². The predicted octanol–water partition coefficient (Wildman–Crippen LogP) is 3.42. The fourth-order valence-electron chi connectivity index (χ4n) is 3.22. The van der Waals surface area contributed by atoms with E-state index in [-0.39, 0.29) is 28.1 Å². The van der Waals surface area contributed by atoms with Crippen LogP contribution in [0.15, 0.2) is 34.7 Å². The number of hydrogen-bond donors (Lipinski definition) is 1. The molecular weight excluding hydrogens is 336 g/mol. The number of anilines is 1. The maximum Gasteiger partial charge on any atom is 0.242 e. The van der Waals surface area contributed by atoms with Crippen LogP contribution in [0, 0.1) is 24.2 Å². The highest BCUT2D eigenvalue weighted by atomic mass is 32.2. The molecule has 5 nitrogen and oxygen atoms in total. The molecule has 25 heavy (non-hydrogen) atoms. The van der Waals surface area contributed by atoms with E-state index >= 15 is 0 Å². The largest absolute Gasteiger partial charge is 0.326 e. The smallest absolute Gasteiger partial charge is 0.242 e. The Morgan fingerprint density at radius 3 is 2.36 bits per heavy atom. The zero-order valence-electron chi connectivity index (χ0n) is 16.0. The lowest BCUT2D eigenvalue weighted by atomic mass is 10.1. The summed E-state index contributed by atoms with van der Waals surface area (Å²) in [5, 5.41) is 2.89. The van der Waals surface area contributed by atoms with Crippen molar-refractivity contribution in [1.29, 1.82) is 0 Å². The molecular formula is C19H28N2O3S. The number of benzene rings is 1. The molecule has 1 amide bonds. The topological polar surface area (TPSA) is 66.5 Å². The predicted molar refractivity (Wildman–Crippen MR) is 101 cm³/mol. The molecule has 1 aliphatic carbocycles. The molecule has 0 heterocycles. The van der Waals surface area contributed by atoms with Crippen molar-refractivity contribution in [3.8, 4) is 0 Å². The van der Waals surface area contributed by atoms with Gasteiger partial charge in [0.15, 0.2) is 0 Å². The number of rotatable bonds is 5. The van der Waals surface area contributed by atoms with Crippen LogP contribution in [0.3, 0.4) is 0 Å². The SMILES string of the molecule is CC(C)=C[C@@H]1[C@@H](C(=O)Nc2ccc(C)c(S(=O)(=O)N(C)C)c2)C1(C)C. The summed E-state index contributed by atoms with van der Waals surface area (Å²) in [4.78, 5) is 12.9. The van der Waals surface area contributed by atoms with Crippen LogP contribution in [-0.4, -0.2) is 32.7 Å². The molecule has 1 aromatic rings. The van der Waals surface area contributed by atoms with Gasteiger partial charge in [-0.1, -0.05) is 31.6 Å². The van der Waals surface area contributed by atoms with Crippen LogP contribution in [0.5, 0.6) is 0 Å². The van der Waals surface area contributed by atoms with Crippen LogP contribution < -0.4 is 5.32 Å². The van der Waals surface area contributed by atoms with Gasteiger partial charge in [0.1, 0.15) is 0 Å². The molecule has 1 fully saturated rings. The van der Waals surface area contributed by atoms with Crippen molar-refractivity contribution in [2.75, 3.05) is 19.4 Å². The lowest BCUT2D eigenvalue weighted by Crippen LogP contribution is -2.23. The van der Waals surface area contributed by atoms with Gasteiger partial charge in [0.2, 0.25) is 15.9 Å². The van der Waals surface area contributed by atoms with Gasteiger partial charge in [0.25, 0.3) is 0 Å². The second-order valence-electron chi connectivity index (χ2n) is 7.83. The molecule has 2 rings (SSSR count). The van der Waals surface area contributed by atoms with Crippen LogP contribution in [0.2, 0.25) is 0 Å². The first-order valence-electron chi connectivity index (χ1n) is 8.38. The molecule has 0 unspecified atom stereocenters. The summed E-state index contributed by atoms with van der Waals surface area (Å²) in [6.07, 6.45) is 2.14. The van der Waals surface area contributed by atoms with Gasteiger partial charge in [-0.15, -0.1) is 0 Å². The van der Waals surface area contributed by atoms with Crippen LogP contribution in [0.4, 0.5) is 5.69 Å². The van der Waals surface area contributed by atoms with Gasteiger partial charge < -0.3 is 5.32 Å². The number of carbonyl (C=O) groups excluding carboxylic acids is 1. The molecule has 1 N–H and O–H groups in total. The normalized spacial score (nSPS) is 21.8. The molecule has 138 valence electrons. The minimum absolute atomic E-state index is 0.0652. The van der Waals surface area contributed by atoms with E-state index in [1.807, 2.05) is 13.8 Å². The Labute approximate surface area is 151 Å². The first-order chi connectivity index (χ1) is 11.4. The molecule has 0 radical (unpaired) electrons. The third kappa shape index (κ3) is 3.80. The first-order valence-corrected chi connectivity index (χ1v) is 9.82. The number of nitrogens with one attached hydrogen (secondary N) is 1. The van der Waals surface area contributed by atoms with Crippen molar-refractivity contribution in [2.24, 2.45) is 17.3 Å². The fraction of sp³-hybridized carbons (Fsp3) is 0.526. The van der Waals surface area contributed by atoms with Crippen molar-refractivity contribution in [3.63, 3.8) is 0 Å². The van der Waals surface area contributed by atoms with Crippen molar-refractivity contribution in [3.05, 3.63) is 35.4 Å². The molecule has 6 heteroatoms. The molecule has 1 aliphatic rings. The Balaban J connectivity index is 2.25. The monoisotopic (exact) mass is 364 g/mol. The second kappa shape index (κ2) is 6.57. The molecule has 0 aromatic heterocycles. The van der Waals surface area contributed by atoms with E-state index in [2.05, 4.69) is 25.2 Å². The van der Waals surface area contributed by atoms with Gasteiger partial charge in [-0.2, -0.15) is 0 Å². The number of aryl methyl sites for hydroxylation is 1. The molecule has 0 spiro atoms. The molecule has 0 bridgehead atoms. The number of sulfonamides is 1. The Morgan fingerprint density at radius 2 is 1.84 bits per heavy atom. The number of hydrogen-bond acceptors (Lipinski definition) is 3. The standard InChI is InChI=1S/C19H28N2O3S/c1-12(2)10-15-17(19(15,4)5)18(22)20-14-9-8-13(3)16(11-14)25(23,24)21(6)7/h8-11,15,17H,1-7H3,(H,20,22)/t15-,17+/m1/s1. The van der Waals surface area contributed by atoms with Crippen molar-refractivity contribution >= 4 is 21.6 Å². The van der Waals surface area contributed by atoms with E-state index in [1.165, 1.54) is 30.0 Å². The van der Waals surface area contributed by atoms with E-state index in [9.17, 15) is 13.2 Å². The summed E-state index contributed by atoms with van der Waals surface area (Å²) in [5.41, 5.74) is 2.28. The van der Waals surface area contributed by atoms with E-state index < -0.39 is 10.0 Å². The molecule has 0 aliphatic heterocycles. The third-order valence-electron chi connectivity index (χ3n) is 4.92. The zero-order valence-corrected chi connectivity index (χ0v) is 16.9. The summed E-state index contributed by atoms with van der Waals surface area (Å²) < 4.78 is 26.0. The Hall–Kier alpha value is -1.66. The maximum absolute atomic E-state index is 12.7. The highest BCUT2D eigenvalue weighted by molar-refractivity contribution is 7.89. The summed E-state index contributed by atoms with van der Waals surface area (Å²) in [7, 11) is -0.554. The van der Waals surface area contributed by atoms with Gasteiger partial charge in [0, 0.05) is 19.8 Å². The van der Waals surface area contributed by atoms with Crippen molar-refractivity contribution < 1.29 is 13.2 Å². The summed E-state index contributed by atoms with van der Waals surface area (Å²) in [6.45, 7) is 9.97. The second-order valence-corrected chi connectivity index (χ2v) is 9.95. The molecule has 1 aromatic carbocycles. The quantitative estimate of drug-likeness (QED) is 0.814. The molecule has 1 saturated carbocycles. The van der Waals surface area contributed by atoms with Crippen LogP contribution in [-0.2, 0) is 14.8 Å². The minimum Gasteiger partial charge on any atom is -0.326 e. The fourth-order valence-corrected chi connectivity index (χ4v) is 4.37. The first kappa shape index (κ1) is 19.7. The van der Waals surface area contributed by atoms with E-state index in [1.54, 1.807) is 19.1 Å². The highest BCUT2D eigenvalue weighted by Gasteiger charge is 2.60. The van der Waals surface area contributed by atoms with E-state index in [4.69, 9.17) is 0 Å². The van der Waals surface area contributed by atoms with Crippen molar-refractivity contribution in [1.82, 2.24) is 4.31 Å². The number of carbonyl (C=O) groups is 1. The van der Waals surface area contributed by atoms with Crippen LogP contribution in [0.1, 0.15) is 33.3 Å². The van der Waals surface area contributed by atoms with Gasteiger partial charge >= 0.3 is 0 Å². The number of allylic oxidation sites excluding steroid dienone is 2. The Bertz CT molecular complexity index is 819. The Morgan fingerprint density at radius 1 is 1.24 bits per heavy atom. The average Bonchev–Trinajstić information content (AvgIpc) is 3.00. The molecule has 0 saturated heterocycles. The van der Waals surface area contributed by atoms with Gasteiger partial charge in [-0.05, 0) is 49.8 Å². The van der Waals surface area contributed by atoms with Gasteiger partial charge in [-0.25, -0.2) is 12.7 Å². The highest BCUT2D eigenvalue weighted by Crippen LogP contribution is 2.59. The maximum atomic E-state index is 12.7. The number of nitrogens with zero attached hydrogens (tertiary/aromatic N) is 1. The van der Waals surface area contributed by atoms with Gasteiger partial charge in [-0.3, -0.25) is 4.79 Å². The summed E-state index contributed by atoms with van der Waals surface area (Å²) in [5.74, 6) is 0.0510. The minimum atomic E-state index is -3.55. The number of amides is 1. The summed E-state index contributed by atoms with van der Waals surface area (Å²) >= 11 is 0. The lowest BCUT2D eigenvalue weighted by Gasteiger charge is -2.15. The van der Waals surface area contributed by atoms with E-state index in [0.29, 0.717) is 11.3 Å². The molecule has 2 atom stereocenters. The van der Waals surface area contributed by atoms with Gasteiger partial charge in [0.05, 0.1) is 10.8 Å². The van der Waals surface area contributed by atoms with Crippen LogP contribution >= 0.6 is 0 Å². The van der Waals surface area contributed by atoms with Crippen LogP contribution in [0.25, 0.3) is 0 Å². The third-order valence-corrected chi connectivity index (χ3v) is 6.88. The zero-order chi connectivity index (χ0) is 19.2. The van der Waals surface area contributed by atoms with E-state index in [0.717, 1.165) is 0 Å².